The Morgan fingerprint density at radius 2 is 1.86 bits per heavy atom. The molecule has 1 amide bonds. The Hall–Kier alpha value is -2.02. The van der Waals surface area contributed by atoms with Gasteiger partial charge in [0.15, 0.2) is 0 Å². The second kappa shape index (κ2) is 10.1. The number of hydrazone groups is 1. The molecule has 0 bridgehead atoms. The SMILES string of the molecule is Cc1cc(/C=N\NC(=O)CSCc2ccc(Cl)cc2)c(C)n1-c1ccc(Br)cc1. The lowest BCUT2D eigenvalue weighted by molar-refractivity contribution is -0.118. The highest BCUT2D eigenvalue weighted by molar-refractivity contribution is 9.10. The van der Waals surface area contributed by atoms with Gasteiger partial charge in [0.2, 0.25) is 5.91 Å². The Bertz CT molecular complexity index is 1010. The smallest absolute Gasteiger partial charge is 0.250 e. The number of halogens is 2. The van der Waals surface area contributed by atoms with Crippen molar-refractivity contribution >= 4 is 51.4 Å². The number of aromatic nitrogens is 1. The summed E-state index contributed by atoms with van der Waals surface area (Å²) in [6.45, 7) is 4.10. The molecular weight excluding hydrogens is 470 g/mol. The van der Waals surface area contributed by atoms with Crippen molar-refractivity contribution in [3.05, 3.63) is 86.6 Å². The molecule has 0 spiro atoms. The molecule has 150 valence electrons. The second-order valence-corrected chi connectivity index (χ2v) is 8.89. The van der Waals surface area contributed by atoms with E-state index in [4.69, 9.17) is 11.6 Å². The fourth-order valence-corrected chi connectivity index (χ4v) is 4.12. The standard InChI is InChI=1S/C22H21BrClN3OS/c1-15-11-18(16(2)27(15)21-9-5-19(23)6-10-21)12-25-26-22(28)14-29-13-17-3-7-20(24)8-4-17/h3-12H,13-14H2,1-2H3,(H,26,28)/b25-12-. The maximum absolute atomic E-state index is 12.0. The number of carbonyl (C=O) groups is 1. The molecule has 0 aliphatic rings. The Morgan fingerprint density at radius 1 is 1.17 bits per heavy atom. The van der Waals surface area contributed by atoms with E-state index in [0.717, 1.165) is 38.4 Å². The van der Waals surface area contributed by atoms with E-state index >= 15 is 0 Å². The molecular formula is C22H21BrClN3OS. The molecule has 1 heterocycles. The number of aryl methyl sites for hydroxylation is 1. The Morgan fingerprint density at radius 3 is 2.55 bits per heavy atom. The maximum atomic E-state index is 12.0. The van der Waals surface area contributed by atoms with Crippen LogP contribution in [0, 0.1) is 13.8 Å². The topological polar surface area (TPSA) is 46.4 Å². The molecule has 0 atom stereocenters. The quantitative estimate of drug-likeness (QED) is 0.331. The molecule has 0 unspecified atom stereocenters. The lowest BCUT2D eigenvalue weighted by Crippen LogP contribution is -2.19. The van der Waals surface area contributed by atoms with Crippen LogP contribution >= 0.6 is 39.3 Å². The van der Waals surface area contributed by atoms with E-state index in [1.165, 1.54) is 11.8 Å². The van der Waals surface area contributed by atoms with Crippen LogP contribution < -0.4 is 5.43 Å². The molecule has 0 radical (unpaired) electrons. The van der Waals surface area contributed by atoms with Gasteiger partial charge in [0.05, 0.1) is 12.0 Å². The zero-order chi connectivity index (χ0) is 20.8. The van der Waals surface area contributed by atoms with Crippen molar-refractivity contribution in [1.82, 2.24) is 9.99 Å². The monoisotopic (exact) mass is 489 g/mol. The van der Waals surface area contributed by atoms with Crippen LogP contribution in [0.4, 0.5) is 0 Å². The third-order valence-electron chi connectivity index (χ3n) is 4.36. The average Bonchev–Trinajstić information content (AvgIpc) is 2.98. The first-order chi connectivity index (χ1) is 13.9. The molecule has 0 aliphatic carbocycles. The van der Waals surface area contributed by atoms with Gasteiger partial charge >= 0.3 is 0 Å². The van der Waals surface area contributed by atoms with Crippen molar-refractivity contribution in [2.45, 2.75) is 19.6 Å². The number of hydrogen-bond acceptors (Lipinski definition) is 3. The van der Waals surface area contributed by atoms with Crippen molar-refractivity contribution in [3.63, 3.8) is 0 Å². The van der Waals surface area contributed by atoms with Gasteiger partial charge < -0.3 is 4.57 Å². The zero-order valence-corrected chi connectivity index (χ0v) is 19.3. The lowest BCUT2D eigenvalue weighted by Gasteiger charge is -2.09. The minimum Gasteiger partial charge on any atom is -0.318 e. The van der Waals surface area contributed by atoms with Crippen molar-refractivity contribution in [3.8, 4) is 5.69 Å². The van der Waals surface area contributed by atoms with E-state index in [9.17, 15) is 4.79 Å². The predicted octanol–water partition coefficient (Wildman–Crippen LogP) is 5.89. The van der Waals surface area contributed by atoms with E-state index in [1.807, 2.05) is 43.3 Å². The van der Waals surface area contributed by atoms with Gasteiger partial charge in [0.1, 0.15) is 0 Å². The second-order valence-electron chi connectivity index (χ2n) is 6.55. The molecule has 29 heavy (non-hydrogen) atoms. The third kappa shape index (κ3) is 5.98. The number of nitrogens with one attached hydrogen (secondary N) is 1. The summed E-state index contributed by atoms with van der Waals surface area (Å²) in [4.78, 5) is 12.0. The van der Waals surface area contributed by atoms with E-state index in [0.29, 0.717) is 10.8 Å². The molecule has 0 saturated carbocycles. The molecule has 0 saturated heterocycles. The summed E-state index contributed by atoms with van der Waals surface area (Å²) >= 11 is 10.9. The average molecular weight is 491 g/mol. The molecule has 3 aromatic rings. The summed E-state index contributed by atoms with van der Waals surface area (Å²) in [6.07, 6.45) is 1.69. The Kier molecular flexibility index (Phi) is 7.58. The van der Waals surface area contributed by atoms with E-state index in [1.54, 1.807) is 6.21 Å². The van der Waals surface area contributed by atoms with Gasteiger partial charge in [-0.3, -0.25) is 4.79 Å². The van der Waals surface area contributed by atoms with Crippen molar-refractivity contribution in [2.75, 3.05) is 5.75 Å². The first-order valence-corrected chi connectivity index (χ1v) is 11.4. The van der Waals surface area contributed by atoms with Crippen LogP contribution in [0.2, 0.25) is 5.02 Å². The zero-order valence-electron chi connectivity index (χ0n) is 16.2. The molecule has 3 rings (SSSR count). The summed E-state index contributed by atoms with van der Waals surface area (Å²) in [6, 6.07) is 17.9. The Balaban J connectivity index is 1.54. The highest BCUT2D eigenvalue weighted by atomic mass is 79.9. The fraction of sp³-hybridized carbons (Fsp3) is 0.182. The van der Waals surface area contributed by atoms with Gasteiger partial charge in [0.25, 0.3) is 0 Å². The fourth-order valence-electron chi connectivity index (χ4n) is 2.95. The van der Waals surface area contributed by atoms with E-state index in [-0.39, 0.29) is 5.91 Å². The molecule has 7 heteroatoms. The molecule has 0 aliphatic heterocycles. The highest BCUT2D eigenvalue weighted by Gasteiger charge is 2.09. The van der Waals surface area contributed by atoms with Crippen LogP contribution in [0.5, 0.6) is 0 Å². The van der Waals surface area contributed by atoms with Crippen molar-refractivity contribution in [2.24, 2.45) is 5.10 Å². The molecule has 1 aromatic heterocycles. The van der Waals surface area contributed by atoms with Crippen LogP contribution in [0.3, 0.4) is 0 Å². The normalized spacial score (nSPS) is 11.2. The van der Waals surface area contributed by atoms with Crippen LogP contribution in [0.1, 0.15) is 22.5 Å². The summed E-state index contributed by atoms with van der Waals surface area (Å²) < 4.78 is 3.21. The third-order valence-corrected chi connectivity index (χ3v) is 6.15. The minimum absolute atomic E-state index is 0.123. The van der Waals surface area contributed by atoms with E-state index < -0.39 is 0 Å². The summed E-state index contributed by atoms with van der Waals surface area (Å²) in [5.41, 5.74) is 7.98. The first kappa shape index (κ1) is 21.7. The maximum Gasteiger partial charge on any atom is 0.250 e. The molecule has 4 nitrogen and oxygen atoms in total. The van der Waals surface area contributed by atoms with Crippen LogP contribution in [0.25, 0.3) is 5.69 Å². The summed E-state index contributed by atoms with van der Waals surface area (Å²) in [5, 5.41) is 4.84. The summed E-state index contributed by atoms with van der Waals surface area (Å²) in [5.74, 6) is 0.975. The van der Waals surface area contributed by atoms with Crippen molar-refractivity contribution < 1.29 is 4.79 Å². The van der Waals surface area contributed by atoms with Crippen LogP contribution in [0.15, 0.2) is 64.2 Å². The molecule has 1 N–H and O–H groups in total. The number of thioether (sulfide) groups is 1. The highest BCUT2D eigenvalue weighted by Crippen LogP contribution is 2.21. The van der Waals surface area contributed by atoms with Gasteiger partial charge in [-0.15, -0.1) is 11.8 Å². The first-order valence-electron chi connectivity index (χ1n) is 9.03. The predicted molar refractivity (Wildman–Crippen MR) is 126 cm³/mol. The van der Waals surface area contributed by atoms with Crippen LogP contribution in [-0.4, -0.2) is 22.4 Å². The number of hydrogen-bond donors (Lipinski definition) is 1. The van der Waals surface area contributed by atoms with Crippen LogP contribution in [-0.2, 0) is 10.5 Å². The lowest BCUT2D eigenvalue weighted by atomic mass is 10.2. The van der Waals surface area contributed by atoms with Gasteiger partial charge in [-0.1, -0.05) is 39.7 Å². The number of benzene rings is 2. The largest absolute Gasteiger partial charge is 0.318 e. The number of amides is 1. The summed E-state index contributed by atoms with van der Waals surface area (Å²) in [7, 11) is 0. The van der Waals surface area contributed by atoms with Crippen molar-refractivity contribution in [1.29, 1.82) is 0 Å². The molecule has 0 fully saturated rings. The number of rotatable bonds is 7. The van der Waals surface area contributed by atoms with Gasteiger partial charge in [-0.2, -0.15) is 5.10 Å². The minimum atomic E-state index is -0.123. The number of nitrogens with zero attached hydrogens (tertiary/aromatic N) is 2. The molecule has 2 aromatic carbocycles. The number of carbonyl (C=O) groups excluding carboxylic acids is 1. The van der Waals surface area contributed by atoms with Gasteiger partial charge in [-0.25, -0.2) is 5.43 Å². The van der Waals surface area contributed by atoms with Gasteiger partial charge in [-0.05, 0) is 61.9 Å². The van der Waals surface area contributed by atoms with Gasteiger partial charge in [0, 0.05) is 37.9 Å². The van der Waals surface area contributed by atoms with E-state index in [2.05, 4.69) is 56.1 Å². The Labute approximate surface area is 188 Å².